The van der Waals surface area contributed by atoms with Crippen molar-refractivity contribution in [2.24, 2.45) is 0 Å². The van der Waals surface area contributed by atoms with E-state index in [1.807, 2.05) is 36.9 Å². The number of methoxy groups -OCH3 is 1. The van der Waals surface area contributed by atoms with E-state index in [-0.39, 0.29) is 0 Å². The summed E-state index contributed by atoms with van der Waals surface area (Å²) in [7, 11) is 1.71. The summed E-state index contributed by atoms with van der Waals surface area (Å²) >= 11 is 0. The first kappa shape index (κ1) is 13.6. The van der Waals surface area contributed by atoms with Gasteiger partial charge in [0.2, 0.25) is 0 Å². The fraction of sp³-hybridized carbons (Fsp3) is 0.400. The maximum Gasteiger partial charge on any atom is 0.123 e. The SMILES string of the molecule is COc1ccccc1CNCCCCn1ccnc1. The standard InChI is InChI=1S/C15H21N3O/c1-19-15-7-3-2-6-14(15)12-16-8-4-5-10-18-11-9-17-13-18/h2-3,6-7,9,11,13,16H,4-5,8,10,12H2,1H3. The molecule has 1 N–H and O–H groups in total. The molecule has 0 saturated heterocycles. The number of nitrogens with one attached hydrogen (secondary N) is 1. The molecule has 0 spiro atoms. The van der Waals surface area contributed by atoms with E-state index in [0.29, 0.717) is 0 Å². The van der Waals surface area contributed by atoms with Crippen LogP contribution >= 0.6 is 0 Å². The summed E-state index contributed by atoms with van der Waals surface area (Å²) < 4.78 is 7.43. The third-order valence-electron chi connectivity index (χ3n) is 3.09. The zero-order valence-electron chi connectivity index (χ0n) is 11.4. The molecule has 0 aliphatic heterocycles. The summed E-state index contributed by atoms with van der Waals surface area (Å²) in [4.78, 5) is 4.03. The molecule has 2 aromatic rings. The van der Waals surface area contributed by atoms with E-state index in [1.54, 1.807) is 7.11 Å². The second kappa shape index (κ2) is 7.59. The van der Waals surface area contributed by atoms with Crippen LogP contribution in [0.2, 0.25) is 0 Å². The van der Waals surface area contributed by atoms with Gasteiger partial charge in [-0.05, 0) is 25.5 Å². The molecule has 0 bridgehead atoms. The van der Waals surface area contributed by atoms with Gasteiger partial charge in [-0.25, -0.2) is 4.98 Å². The lowest BCUT2D eigenvalue weighted by Crippen LogP contribution is -2.15. The molecule has 1 aromatic heterocycles. The predicted molar refractivity (Wildman–Crippen MR) is 76.2 cm³/mol. The van der Waals surface area contributed by atoms with Crippen LogP contribution in [-0.2, 0) is 13.1 Å². The molecule has 102 valence electrons. The van der Waals surface area contributed by atoms with E-state index in [4.69, 9.17) is 4.74 Å². The van der Waals surface area contributed by atoms with Crippen molar-refractivity contribution in [3.05, 3.63) is 48.5 Å². The van der Waals surface area contributed by atoms with Crippen LogP contribution in [0.15, 0.2) is 43.0 Å². The second-order valence-electron chi connectivity index (χ2n) is 4.50. The number of unbranched alkanes of at least 4 members (excludes halogenated alkanes) is 1. The number of hydrogen-bond donors (Lipinski definition) is 1. The van der Waals surface area contributed by atoms with Crippen LogP contribution in [0.4, 0.5) is 0 Å². The zero-order chi connectivity index (χ0) is 13.3. The van der Waals surface area contributed by atoms with Gasteiger partial charge >= 0.3 is 0 Å². The summed E-state index contributed by atoms with van der Waals surface area (Å²) in [5, 5.41) is 3.45. The molecule has 0 atom stereocenters. The van der Waals surface area contributed by atoms with Gasteiger partial charge in [0.15, 0.2) is 0 Å². The van der Waals surface area contributed by atoms with Gasteiger partial charge in [-0.1, -0.05) is 18.2 Å². The van der Waals surface area contributed by atoms with Crippen LogP contribution in [0.3, 0.4) is 0 Å². The van der Waals surface area contributed by atoms with Crippen molar-refractivity contribution >= 4 is 0 Å². The molecule has 4 nitrogen and oxygen atoms in total. The van der Waals surface area contributed by atoms with Gasteiger partial charge < -0.3 is 14.6 Å². The fourth-order valence-electron chi connectivity index (χ4n) is 2.04. The summed E-state index contributed by atoms with van der Waals surface area (Å²) in [6.07, 6.45) is 8.01. The monoisotopic (exact) mass is 259 g/mol. The first-order valence-corrected chi connectivity index (χ1v) is 6.68. The molecule has 1 aromatic carbocycles. The molecule has 2 rings (SSSR count). The van der Waals surface area contributed by atoms with Crippen molar-refractivity contribution in [1.82, 2.24) is 14.9 Å². The summed E-state index contributed by atoms with van der Waals surface area (Å²) in [5.41, 5.74) is 1.21. The maximum absolute atomic E-state index is 5.32. The smallest absolute Gasteiger partial charge is 0.123 e. The first-order chi connectivity index (χ1) is 9.40. The van der Waals surface area contributed by atoms with Gasteiger partial charge in [-0.3, -0.25) is 0 Å². The van der Waals surface area contributed by atoms with Crippen LogP contribution in [0, 0.1) is 0 Å². The van der Waals surface area contributed by atoms with Gasteiger partial charge in [0.05, 0.1) is 13.4 Å². The van der Waals surface area contributed by atoms with Crippen LogP contribution in [-0.4, -0.2) is 23.2 Å². The number of imidazole rings is 1. The van der Waals surface area contributed by atoms with Gasteiger partial charge in [0.25, 0.3) is 0 Å². The van der Waals surface area contributed by atoms with Gasteiger partial charge in [0, 0.05) is 31.0 Å². The molecular formula is C15H21N3O. The number of hydrogen-bond acceptors (Lipinski definition) is 3. The number of aryl methyl sites for hydroxylation is 1. The van der Waals surface area contributed by atoms with Gasteiger partial charge in [-0.15, -0.1) is 0 Å². The predicted octanol–water partition coefficient (Wildman–Crippen LogP) is 2.46. The number of para-hydroxylation sites is 1. The van der Waals surface area contributed by atoms with Crippen molar-refractivity contribution < 1.29 is 4.74 Å². The highest BCUT2D eigenvalue weighted by molar-refractivity contribution is 5.32. The quantitative estimate of drug-likeness (QED) is 0.740. The molecule has 0 saturated carbocycles. The normalized spacial score (nSPS) is 10.6. The molecule has 19 heavy (non-hydrogen) atoms. The van der Waals surface area contributed by atoms with E-state index < -0.39 is 0 Å². The first-order valence-electron chi connectivity index (χ1n) is 6.68. The Bertz CT molecular complexity index is 468. The minimum Gasteiger partial charge on any atom is -0.496 e. The Labute approximate surface area is 114 Å². The minimum atomic E-state index is 0.856. The summed E-state index contributed by atoms with van der Waals surface area (Å²) in [5.74, 6) is 0.952. The Morgan fingerprint density at radius 2 is 2.16 bits per heavy atom. The van der Waals surface area contributed by atoms with Crippen molar-refractivity contribution in [2.75, 3.05) is 13.7 Å². The average molecular weight is 259 g/mol. The summed E-state index contributed by atoms with van der Waals surface area (Å²) in [6.45, 7) is 2.91. The van der Waals surface area contributed by atoms with E-state index in [0.717, 1.165) is 38.2 Å². The van der Waals surface area contributed by atoms with Crippen molar-refractivity contribution in [2.45, 2.75) is 25.9 Å². The summed E-state index contributed by atoms with van der Waals surface area (Å²) in [6, 6.07) is 8.12. The maximum atomic E-state index is 5.32. The van der Waals surface area contributed by atoms with E-state index in [9.17, 15) is 0 Å². The third-order valence-corrected chi connectivity index (χ3v) is 3.09. The fourth-order valence-corrected chi connectivity index (χ4v) is 2.04. The second-order valence-corrected chi connectivity index (χ2v) is 4.50. The Morgan fingerprint density at radius 1 is 1.26 bits per heavy atom. The number of rotatable bonds is 8. The lowest BCUT2D eigenvalue weighted by Gasteiger charge is -2.09. The molecule has 0 amide bonds. The Balaban J connectivity index is 1.61. The molecule has 0 aliphatic carbocycles. The van der Waals surface area contributed by atoms with Crippen LogP contribution < -0.4 is 10.1 Å². The molecule has 1 heterocycles. The van der Waals surface area contributed by atoms with E-state index >= 15 is 0 Å². The number of benzene rings is 1. The van der Waals surface area contributed by atoms with Gasteiger partial charge in [-0.2, -0.15) is 0 Å². The van der Waals surface area contributed by atoms with Crippen LogP contribution in [0.5, 0.6) is 5.75 Å². The zero-order valence-corrected chi connectivity index (χ0v) is 11.4. The van der Waals surface area contributed by atoms with Crippen molar-refractivity contribution in [3.8, 4) is 5.75 Å². The molecule has 0 unspecified atom stereocenters. The molecule has 0 fully saturated rings. The van der Waals surface area contributed by atoms with Crippen LogP contribution in [0.25, 0.3) is 0 Å². The highest BCUT2D eigenvalue weighted by atomic mass is 16.5. The van der Waals surface area contributed by atoms with E-state index in [2.05, 4.69) is 20.9 Å². The molecular weight excluding hydrogens is 238 g/mol. The number of nitrogens with zero attached hydrogens (tertiary/aromatic N) is 2. The molecule has 0 aliphatic rings. The highest BCUT2D eigenvalue weighted by Crippen LogP contribution is 2.16. The van der Waals surface area contributed by atoms with Crippen molar-refractivity contribution in [1.29, 1.82) is 0 Å². The largest absolute Gasteiger partial charge is 0.496 e. The lowest BCUT2D eigenvalue weighted by molar-refractivity contribution is 0.407. The topological polar surface area (TPSA) is 39.1 Å². The molecule has 0 radical (unpaired) electrons. The Morgan fingerprint density at radius 3 is 2.95 bits per heavy atom. The lowest BCUT2D eigenvalue weighted by atomic mass is 10.2. The van der Waals surface area contributed by atoms with Crippen LogP contribution in [0.1, 0.15) is 18.4 Å². The molecule has 4 heteroatoms. The van der Waals surface area contributed by atoms with Crippen molar-refractivity contribution in [3.63, 3.8) is 0 Å². The number of ether oxygens (including phenoxy) is 1. The highest BCUT2D eigenvalue weighted by Gasteiger charge is 2.00. The number of aromatic nitrogens is 2. The third kappa shape index (κ3) is 4.41. The Hall–Kier alpha value is -1.81. The van der Waals surface area contributed by atoms with Gasteiger partial charge in [0.1, 0.15) is 5.75 Å². The minimum absolute atomic E-state index is 0.856. The van der Waals surface area contributed by atoms with E-state index in [1.165, 1.54) is 5.56 Å². The average Bonchev–Trinajstić information content (AvgIpc) is 2.96. The Kier molecular flexibility index (Phi) is 5.44.